The molecule has 0 fully saturated rings. The third-order valence-corrected chi connectivity index (χ3v) is 3.56. The van der Waals surface area contributed by atoms with Crippen molar-refractivity contribution >= 4 is 0 Å². The Morgan fingerprint density at radius 2 is 1.96 bits per heavy atom. The lowest BCUT2D eigenvalue weighted by Gasteiger charge is -2.02. The van der Waals surface area contributed by atoms with Crippen molar-refractivity contribution in [1.29, 1.82) is 0 Å². The van der Waals surface area contributed by atoms with Crippen LogP contribution in [0.5, 0.6) is 5.75 Å². The minimum absolute atomic E-state index is 0.220. The molecule has 1 N–H and O–H groups in total. The number of nitrogens with one attached hydrogen (secondary N) is 1. The molecular formula is C18H18FN3O2. The predicted molar refractivity (Wildman–Crippen MR) is 88.1 cm³/mol. The average Bonchev–Trinajstić information content (AvgIpc) is 3.09. The van der Waals surface area contributed by atoms with Crippen LogP contribution >= 0.6 is 0 Å². The molecule has 2 aromatic carbocycles. The van der Waals surface area contributed by atoms with Gasteiger partial charge in [0, 0.05) is 5.56 Å². The third-order valence-electron chi connectivity index (χ3n) is 3.56. The molecule has 3 rings (SSSR count). The van der Waals surface area contributed by atoms with Gasteiger partial charge in [-0.2, -0.15) is 0 Å². The van der Waals surface area contributed by atoms with E-state index in [9.17, 15) is 4.39 Å². The Balaban J connectivity index is 1.51. The van der Waals surface area contributed by atoms with Gasteiger partial charge < -0.3 is 14.5 Å². The Kier molecular flexibility index (Phi) is 5.18. The molecule has 5 nitrogen and oxygen atoms in total. The molecule has 3 aromatic rings. The number of ether oxygens (including phenoxy) is 1. The fourth-order valence-electron chi connectivity index (χ4n) is 2.28. The Morgan fingerprint density at radius 3 is 2.75 bits per heavy atom. The van der Waals surface area contributed by atoms with E-state index in [1.165, 1.54) is 12.1 Å². The molecule has 0 amide bonds. The van der Waals surface area contributed by atoms with Gasteiger partial charge in [0.15, 0.2) is 0 Å². The SMILES string of the molecule is COc1cccc(-c2nnc(CNCCc3ccc(F)cc3)o2)c1. The molecule has 0 spiro atoms. The zero-order valence-electron chi connectivity index (χ0n) is 13.3. The molecule has 24 heavy (non-hydrogen) atoms. The number of halogens is 1. The van der Waals surface area contributed by atoms with Crippen molar-refractivity contribution in [3.05, 3.63) is 65.8 Å². The summed E-state index contributed by atoms with van der Waals surface area (Å²) in [4.78, 5) is 0. The fourth-order valence-corrected chi connectivity index (χ4v) is 2.28. The van der Waals surface area contributed by atoms with E-state index in [-0.39, 0.29) is 5.82 Å². The van der Waals surface area contributed by atoms with E-state index in [1.807, 2.05) is 24.3 Å². The minimum atomic E-state index is -0.220. The molecule has 1 heterocycles. The first-order chi connectivity index (χ1) is 11.7. The average molecular weight is 327 g/mol. The molecule has 0 unspecified atom stereocenters. The van der Waals surface area contributed by atoms with Gasteiger partial charge >= 0.3 is 0 Å². The van der Waals surface area contributed by atoms with Crippen molar-refractivity contribution < 1.29 is 13.5 Å². The summed E-state index contributed by atoms with van der Waals surface area (Å²) in [5.74, 6) is 1.50. The molecule has 0 aliphatic heterocycles. The molecule has 1 aromatic heterocycles. The van der Waals surface area contributed by atoms with Crippen LogP contribution in [0, 0.1) is 5.82 Å². The molecule has 0 aliphatic carbocycles. The number of hydrogen-bond acceptors (Lipinski definition) is 5. The number of hydrogen-bond donors (Lipinski definition) is 1. The first-order valence-corrected chi connectivity index (χ1v) is 7.66. The van der Waals surface area contributed by atoms with Crippen molar-refractivity contribution in [3.63, 3.8) is 0 Å². The second kappa shape index (κ2) is 7.70. The zero-order chi connectivity index (χ0) is 16.8. The van der Waals surface area contributed by atoms with E-state index in [1.54, 1.807) is 19.2 Å². The Hall–Kier alpha value is -2.73. The van der Waals surface area contributed by atoms with Crippen LogP contribution in [0.25, 0.3) is 11.5 Å². The third kappa shape index (κ3) is 4.17. The molecule has 0 saturated heterocycles. The van der Waals surface area contributed by atoms with Gasteiger partial charge in [0.2, 0.25) is 11.8 Å². The highest BCUT2D eigenvalue weighted by Crippen LogP contribution is 2.22. The summed E-state index contributed by atoms with van der Waals surface area (Å²) in [6.07, 6.45) is 0.803. The lowest BCUT2D eigenvalue weighted by atomic mass is 10.1. The Labute approximate surface area is 139 Å². The summed E-state index contributed by atoms with van der Waals surface area (Å²) in [6, 6.07) is 14.0. The first-order valence-electron chi connectivity index (χ1n) is 7.66. The van der Waals surface area contributed by atoms with Gasteiger partial charge in [0.25, 0.3) is 0 Å². The Morgan fingerprint density at radius 1 is 1.12 bits per heavy atom. The van der Waals surface area contributed by atoms with Crippen LogP contribution < -0.4 is 10.1 Å². The van der Waals surface area contributed by atoms with E-state index < -0.39 is 0 Å². The second-order valence-electron chi connectivity index (χ2n) is 5.29. The molecular weight excluding hydrogens is 309 g/mol. The fraction of sp³-hybridized carbons (Fsp3) is 0.222. The number of aromatic nitrogens is 2. The lowest BCUT2D eigenvalue weighted by molar-refractivity contribution is 0.414. The van der Waals surface area contributed by atoms with Crippen molar-refractivity contribution in [2.24, 2.45) is 0 Å². The summed E-state index contributed by atoms with van der Waals surface area (Å²) >= 11 is 0. The molecule has 124 valence electrons. The number of benzene rings is 2. The van der Waals surface area contributed by atoms with Crippen LogP contribution in [0.2, 0.25) is 0 Å². The van der Waals surface area contributed by atoms with E-state index in [2.05, 4.69) is 15.5 Å². The lowest BCUT2D eigenvalue weighted by Crippen LogP contribution is -2.16. The van der Waals surface area contributed by atoms with Gasteiger partial charge in [-0.1, -0.05) is 18.2 Å². The standard InChI is InChI=1S/C18H18FN3O2/c1-23-16-4-2-3-14(11-16)18-22-21-17(24-18)12-20-10-9-13-5-7-15(19)8-6-13/h2-8,11,20H,9-10,12H2,1H3. The van der Waals surface area contributed by atoms with Gasteiger partial charge in [-0.15, -0.1) is 10.2 Å². The van der Waals surface area contributed by atoms with Gasteiger partial charge in [0.1, 0.15) is 11.6 Å². The molecule has 0 saturated carbocycles. The monoisotopic (exact) mass is 327 g/mol. The number of nitrogens with zero attached hydrogens (tertiary/aromatic N) is 2. The van der Waals surface area contributed by atoms with E-state index in [0.29, 0.717) is 18.3 Å². The summed E-state index contributed by atoms with van der Waals surface area (Å²) < 4.78 is 23.7. The number of methoxy groups -OCH3 is 1. The Bertz CT molecular complexity index is 787. The van der Waals surface area contributed by atoms with Gasteiger partial charge in [-0.3, -0.25) is 0 Å². The maximum atomic E-state index is 12.8. The van der Waals surface area contributed by atoms with Gasteiger partial charge in [-0.25, -0.2) is 4.39 Å². The quantitative estimate of drug-likeness (QED) is 0.675. The summed E-state index contributed by atoms with van der Waals surface area (Å²) in [6.45, 7) is 1.22. The summed E-state index contributed by atoms with van der Waals surface area (Å²) in [7, 11) is 1.61. The highest BCUT2D eigenvalue weighted by molar-refractivity contribution is 5.55. The van der Waals surface area contributed by atoms with Crippen LogP contribution in [0.4, 0.5) is 4.39 Å². The van der Waals surface area contributed by atoms with Crippen LogP contribution in [0.3, 0.4) is 0 Å². The minimum Gasteiger partial charge on any atom is -0.497 e. The van der Waals surface area contributed by atoms with Crippen molar-refractivity contribution in [1.82, 2.24) is 15.5 Å². The molecule has 0 aliphatic rings. The van der Waals surface area contributed by atoms with Crippen LogP contribution in [0.1, 0.15) is 11.5 Å². The zero-order valence-corrected chi connectivity index (χ0v) is 13.3. The summed E-state index contributed by atoms with van der Waals surface area (Å²) in [5.41, 5.74) is 1.89. The van der Waals surface area contributed by atoms with E-state index >= 15 is 0 Å². The molecule has 0 atom stereocenters. The normalized spacial score (nSPS) is 10.8. The van der Waals surface area contributed by atoms with Crippen LogP contribution in [-0.4, -0.2) is 23.9 Å². The smallest absolute Gasteiger partial charge is 0.247 e. The van der Waals surface area contributed by atoms with Gasteiger partial charge in [0.05, 0.1) is 13.7 Å². The first kappa shape index (κ1) is 16.1. The molecule has 0 bridgehead atoms. The molecule has 0 radical (unpaired) electrons. The second-order valence-corrected chi connectivity index (χ2v) is 5.29. The predicted octanol–water partition coefficient (Wildman–Crippen LogP) is 3.22. The topological polar surface area (TPSA) is 60.2 Å². The van der Waals surface area contributed by atoms with Crippen LogP contribution in [0.15, 0.2) is 52.9 Å². The van der Waals surface area contributed by atoms with E-state index in [4.69, 9.17) is 9.15 Å². The highest BCUT2D eigenvalue weighted by atomic mass is 19.1. The maximum absolute atomic E-state index is 12.8. The van der Waals surface area contributed by atoms with Crippen molar-refractivity contribution in [3.8, 4) is 17.2 Å². The van der Waals surface area contributed by atoms with Crippen molar-refractivity contribution in [2.45, 2.75) is 13.0 Å². The van der Waals surface area contributed by atoms with Crippen molar-refractivity contribution in [2.75, 3.05) is 13.7 Å². The van der Waals surface area contributed by atoms with Gasteiger partial charge in [-0.05, 0) is 48.9 Å². The number of rotatable bonds is 7. The highest BCUT2D eigenvalue weighted by Gasteiger charge is 2.09. The van der Waals surface area contributed by atoms with Crippen LogP contribution in [-0.2, 0) is 13.0 Å². The molecule has 6 heteroatoms. The van der Waals surface area contributed by atoms with E-state index in [0.717, 1.165) is 29.8 Å². The maximum Gasteiger partial charge on any atom is 0.247 e. The largest absolute Gasteiger partial charge is 0.497 e. The summed E-state index contributed by atoms with van der Waals surface area (Å²) in [5, 5.41) is 11.3.